The van der Waals surface area contributed by atoms with Gasteiger partial charge in [-0.3, -0.25) is 9.59 Å². The number of allylic oxidation sites excluding steroid dienone is 2. The van der Waals surface area contributed by atoms with Crippen molar-refractivity contribution in [3.63, 3.8) is 0 Å². The minimum Gasteiger partial charge on any atom is -0.463 e. The maximum Gasteiger partial charge on any atom is 0.321 e. The lowest BCUT2D eigenvalue weighted by atomic mass is 9.89. The smallest absolute Gasteiger partial charge is 0.321 e. The summed E-state index contributed by atoms with van der Waals surface area (Å²) in [5.41, 5.74) is 13.2. The van der Waals surface area contributed by atoms with E-state index >= 15 is 0 Å². The van der Waals surface area contributed by atoms with E-state index in [2.05, 4.69) is 38.2 Å². The Morgan fingerprint density at radius 1 is 1.21 bits per heavy atom. The van der Waals surface area contributed by atoms with Crippen molar-refractivity contribution in [2.75, 3.05) is 30.3 Å². The molecule has 0 aromatic carbocycles. The summed E-state index contributed by atoms with van der Waals surface area (Å²) in [6, 6.07) is 5.80. The number of carbonyl (C=O) groups excluding carboxylic acids is 2. The number of aromatic nitrogens is 4. The van der Waals surface area contributed by atoms with Crippen LogP contribution in [0.4, 0.5) is 11.6 Å². The molecule has 2 amide bonds. The summed E-state index contributed by atoms with van der Waals surface area (Å²) in [5, 5.41) is 12.0. The number of primary amides is 1. The summed E-state index contributed by atoms with van der Waals surface area (Å²) in [6.07, 6.45) is 6.16. The fourth-order valence-corrected chi connectivity index (χ4v) is 4.80. The molecule has 2 aliphatic carbocycles. The Morgan fingerprint density at radius 3 is 2.63 bits per heavy atom. The van der Waals surface area contributed by atoms with Crippen molar-refractivity contribution in [1.82, 2.24) is 25.3 Å². The Bertz CT molecular complexity index is 1310. The number of hydrogen-bond donors (Lipinski definition) is 3. The lowest BCUT2D eigenvalue weighted by Gasteiger charge is -2.32. The molecule has 38 heavy (non-hydrogen) atoms. The SMILES string of the molecule is CCC1C=C(NC(=O)c2nc(OC[C@H]3C[C@H]3C#N)nc(N3CCC(c4ccc(N)c(C(N)=O)n4)CC3)n2)C1. The molecule has 1 saturated carbocycles. The number of nitrogens with two attached hydrogens (primary N) is 2. The predicted octanol–water partition coefficient (Wildman–Crippen LogP) is 1.91. The van der Waals surface area contributed by atoms with E-state index in [-0.39, 0.29) is 41.0 Å². The van der Waals surface area contributed by atoms with Gasteiger partial charge in [0, 0.05) is 36.3 Å². The van der Waals surface area contributed by atoms with Crippen molar-refractivity contribution in [3.05, 3.63) is 41.1 Å². The molecule has 0 spiro atoms. The molecule has 3 heterocycles. The van der Waals surface area contributed by atoms with Gasteiger partial charge in [0.05, 0.1) is 24.3 Å². The van der Waals surface area contributed by atoms with Crippen molar-refractivity contribution in [3.8, 4) is 12.1 Å². The molecule has 5 rings (SSSR count). The van der Waals surface area contributed by atoms with Crippen molar-refractivity contribution in [1.29, 1.82) is 5.26 Å². The second-order valence-electron chi connectivity index (χ2n) is 10.1. The van der Waals surface area contributed by atoms with Crippen LogP contribution in [0.15, 0.2) is 23.9 Å². The molecular weight excluding hydrogens is 486 g/mol. The molecule has 0 radical (unpaired) electrons. The normalized spacial score (nSPS) is 22.6. The van der Waals surface area contributed by atoms with Gasteiger partial charge < -0.3 is 26.4 Å². The summed E-state index contributed by atoms with van der Waals surface area (Å²) in [7, 11) is 0. The van der Waals surface area contributed by atoms with Gasteiger partial charge in [-0.2, -0.15) is 20.2 Å². The highest BCUT2D eigenvalue weighted by atomic mass is 16.5. The number of nitrogens with zero attached hydrogens (tertiary/aromatic N) is 6. The number of carbonyl (C=O) groups is 2. The molecule has 12 heteroatoms. The molecule has 2 aromatic rings. The van der Waals surface area contributed by atoms with Gasteiger partial charge in [0.2, 0.25) is 11.8 Å². The number of piperidine rings is 1. The Labute approximate surface area is 220 Å². The largest absolute Gasteiger partial charge is 0.463 e. The quantitative estimate of drug-likeness (QED) is 0.443. The van der Waals surface area contributed by atoms with E-state index in [1.54, 1.807) is 6.07 Å². The van der Waals surface area contributed by atoms with Crippen LogP contribution in [0.2, 0.25) is 0 Å². The summed E-state index contributed by atoms with van der Waals surface area (Å²) in [6.45, 7) is 3.64. The standard InChI is InChI=1S/C26H31N9O3/c1-2-14-9-18(10-14)30-24(37)23-32-25(34-26(33-23)38-13-17-11-16(17)12-27)35-7-5-15(6-8-35)20-4-3-19(28)21(31-20)22(29)36/h3-4,9,14-17H,2,5-8,10-11,13,28H2,1H3,(H2,29,36)(H,30,37)/t14?,16-,17+/m0/s1. The van der Waals surface area contributed by atoms with Gasteiger partial charge in [-0.25, -0.2) is 4.98 Å². The van der Waals surface area contributed by atoms with Crippen LogP contribution in [0.1, 0.15) is 71.7 Å². The number of amides is 2. The monoisotopic (exact) mass is 517 g/mol. The molecule has 1 saturated heterocycles. The summed E-state index contributed by atoms with van der Waals surface area (Å²) in [4.78, 5) is 44.2. The van der Waals surface area contributed by atoms with E-state index in [4.69, 9.17) is 21.5 Å². The molecule has 1 aliphatic heterocycles. The maximum absolute atomic E-state index is 13.0. The van der Waals surface area contributed by atoms with Crippen LogP contribution in [-0.4, -0.2) is 51.4 Å². The first-order valence-electron chi connectivity index (χ1n) is 13.0. The average molecular weight is 518 g/mol. The number of nitrogen functional groups attached to an aromatic ring is 1. The molecule has 5 N–H and O–H groups in total. The minimum absolute atomic E-state index is 0.00723. The van der Waals surface area contributed by atoms with E-state index in [0.29, 0.717) is 31.6 Å². The van der Waals surface area contributed by atoms with Crippen molar-refractivity contribution in [2.24, 2.45) is 23.5 Å². The highest BCUT2D eigenvalue weighted by Gasteiger charge is 2.38. The Kier molecular flexibility index (Phi) is 7.09. The number of nitrogens with one attached hydrogen (secondary N) is 1. The predicted molar refractivity (Wildman–Crippen MR) is 138 cm³/mol. The second kappa shape index (κ2) is 10.6. The van der Waals surface area contributed by atoms with Gasteiger partial charge in [0.15, 0.2) is 5.69 Å². The summed E-state index contributed by atoms with van der Waals surface area (Å²) < 4.78 is 5.80. The fourth-order valence-electron chi connectivity index (χ4n) is 4.80. The molecule has 2 fully saturated rings. The third-order valence-electron chi connectivity index (χ3n) is 7.42. The van der Waals surface area contributed by atoms with Gasteiger partial charge in [-0.15, -0.1) is 0 Å². The van der Waals surface area contributed by atoms with Crippen LogP contribution in [0, 0.1) is 29.1 Å². The zero-order valence-corrected chi connectivity index (χ0v) is 21.3. The number of ether oxygens (including phenoxy) is 1. The van der Waals surface area contributed by atoms with E-state index in [9.17, 15) is 9.59 Å². The highest BCUT2D eigenvalue weighted by Crippen LogP contribution is 2.38. The molecule has 198 valence electrons. The van der Waals surface area contributed by atoms with Crippen LogP contribution in [-0.2, 0) is 0 Å². The van der Waals surface area contributed by atoms with Crippen molar-refractivity contribution in [2.45, 2.75) is 44.9 Å². The lowest BCUT2D eigenvalue weighted by Crippen LogP contribution is -2.36. The third kappa shape index (κ3) is 5.51. The first-order chi connectivity index (χ1) is 18.3. The van der Waals surface area contributed by atoms with Crippen molar-refractivity contribution >= 4 is 23.5 Å². The average Bonchev–Trinajstić information content (AvgIpc) is 3.68. The van der Waals surface area contributed by atoms with E-state index in [1.807, 2.05) is 17.0 Å². The minimum atomic E-state index is -0.652. The van der Waals surface area contributed by atoms with Gasteiger partial charge in [-0.05, 0) is 50.2 Å². The van der Waals surface area contributed by atoms with Crippen LogP contribution in [0.25, 0.3) is 0 Å². The lowest BCUT2D eigenvalue weighted by molar-refractivity contribution is 0.0947. The fraction of sp³-hybridized carbons (Fsp3) is 0.500. The van der Waals surface area contributed by atoms with Gasteiger partial charge in [0.1, 0.15) is 0 Å². The van der Waals surface area contributed by atoms with Crippen LogP contribution >= 0.6 is 0 Å². The van der Waals surface area contributed by atoms with Crippen LogP contribution in [0.5, 0.6) is 6.01 Å². The molecule has 0 bridgehead atoms. The molecule has 12 nitrogen and oxygen atoms in total. The van der Waals surface area contributed by atoms with Crippen LogP contribution < -0.4 is 26.4 Å². The number of pyridine rings is 1. The van der Waals surface area contributed by atoms with Gasteiger partial charge >= 0.3 is 6.01 Å². The summed E-state index contributed by atoms with van der Waals surface area (Å²) in [5.74, 6) is 0.0429. The van der Waals surface area contributed by atoms with Gasteiger partial charge in [-0.1, -0.05) is 13.0 Å². The zero-order chi connectivity index (χ0) is 26.8. The topological polar surface area (TPSA) is 186 Å². The number of rotatable bonds is 9. The molecule has 2 aromatic heterocycles. The number of hydrogen-bond acceptors (Lipinski definition) is 10. The number of nitriles is 1. The maximum atomic E-state index is 13.0. The second-order valence-corrected chi connectivity index (χ2v) is 10.1. The van der Waals surface area contributed by atoms with E-state index in [0.717, 1.165) is 43.5 Å². The van der Waals surface area contributed by atoms with Gasteiger partial charge in [0.25, 0.3) is 11.8 Å². The summed E-state index contributed by atoms with van der Waals surface area (Å²) >= 11 is 0. The van der Waals surface area contributed by atoms with Crippen molar-refractivity contribution < 1.29 is 14.3 Å². The molecular formula is C26H31N9O3. The first-order valence-corrected chi connectivity index (χ1v) is 13.0. The molecule has 3 aliphatic rings. The van der Waals surface area contributed by atoms with E-state index in [1.165, 1.54) is 0 Å². The number of anilines is 2. The first kappa shape index (κ1) is 25.4. The Balaban J connectivity index is 1.30. The molecule has 3 atom stereocenters. The Morgan fingerprint density at radius 2 is 1.97 bits per heavy atom. The highest BCUT2D eigenvalue weighted by molar-refractivity contribution is 5.95. The van der Waals surface area contributed by atoms with Crippen LogP contribution in [0.3, 0.4) is 0 Å². The van der Waals surface area contributed by atoms with E-state index < -0.39 is 11.8 Å². The Hall–Kier alpha value is -4.27. The zero-order valence-electron chi connectivity index (χ0n) is 21.3. The molecule has 1 unspecified atom stereocenters. The third-order valence-corrected chi connectivity index (χ3v) is 7.42.